The van der Waals surface area contributed by atoms with Crippen LogP contribution in [0.25, 0.3) is 11.3 Å². The summed E-state index contributed by atoms with van der Waals surface area (Å²) in [4.78, 5) is 16.6. The van der Waals surface area contributed by atoms with E-state index < -0.39 is 0 Å². The lowest BCUT2D eigenvalue weighted by Crippen LogP contribution is -2.31. The Morgan fingerprint density at radius 3 is 2.69 bits per heavy atom. The molecule has 0 saturated carbocycles. The summed E-state index contributed by atoms with van der Waals surface area (Å²) in [6.07, 6.45) is 0.776. The molecule has 5 nitrogen and oxygen atoms in total. The van der Waals surface area contributed by atoms with Crippen LogP contribution < -0.4 is 9.80 Å². The van der Waals surface area contributed by atoms with Crippen LogP contribution in [-0.4, -0.2) is 31.2 Å². The van der Waals surface area contributed by atoms with E-state index in [9.17, 15) is 9.18 Å². The Balaban J connectivity index is 1.69. The summed E-state index contributed by atoms with van der Waals surface area (Å²) in [5.74, 6) is -0.551. The highest BCUT2D eigenvalue weighted by molar-refractivity contribution is 6.06. The molecule has 0 saturated heterocycles. The van der Waals surface area contributed by atoms with Gasteiger partial charge in [0.1, 0.15) is 11.5 Å². The number of halogens is 1. The van der Waals surface area contributed by atoms with Gasteiger partial charge in [-0.2, -0.15) is 0 Å². The van der Waals surface area contributed by atoms with Crippen molar-refractivity contribution in [1.82, 2.24) is 5.16 Å². The second kappa shape index (κ2) is 6.63. The number of rotatable bonds is 2. The van der Waals surface area contributed by atoms with Gasteiger partial charge in [-0.05, 0) is 24.6 Å². The molecular formula is C20H18FN3O2. The van der Waals surface area contributed by atoms with Gasteiger partial charge in [-0.3, -0.25) is 4.79 Å². The number of anilines is 2. The van der Waals surface area contributed by atoms with E-state index in [4.69, 9.17) is 4.52 Å². The highest BCUT2D eigenvalue weighted by Gasteiger charge is 2.27. The second-order valence-corrected chi connectivity index (χ2v) is 6.31. The van der Waals surface area contributed by atoms with Crippen LogP contribution in [0.4, 0.5) is 15.8 Å². The quantitative estimate of drug-likeness (QED) is 0.701. The van der Waals surface area contributed by atoms with Gasteiger partial charge in [0.25, 0.3) is 5.91 Å². The third kappa shape index (κ3) is 2.94. The van der Waals surface area contributed by atoms with Gasteiger partial charge >= 0.3 is 0 Å². The lowest BCUT2D eigenvalue weighted by molar-refractivity contribution is 0.0951. The summed E-state index contributed by atoms with van der Waals surface area (Å²) in [6.45, 7) is 1.27. The van der Waals surface area contributed by atoms with Gasteiger partial charge in [0.2, 0.25) is 5.76 Å². The molecule has 0 N–H and O–H groups in total. The van der Waals surface area contributed by atoms with Gasteiger partial charge in [-0.15, -0.1) is 0 Å². The highest BCUT2D eigenvalue weighted by Crippen LogP contribution is 2.33. The van der Waals surface area contributed by atoms with Crippen molar-refractivity contribution in [2.75, 3.05) is 29.9 Å². The fourth-order valence-corrected chi connectivity index (χ4v) is 3.21. The van der Waals surface area contributed by atoms with Crippen LogP contribution in [-0.2, 0) is 0 Å². The Bertz CT molecular complexity index is 939. The van der Waals surface area contributed by atoms with Crippen LogP contribution in [0.3, 0.4) is 0 Å². The smallest absolute Gasteiger partial charge is 0.296 e. The van der Waals surface area contributed by atoms with Crippen LogP contribution in [0.15, 0.2) is 59.1 Å². The Labute approximate surface area is 150 Å². The zero-order valence-corrected chi connectivity index (χ0v) is 14.4. The molecule has 0 radical (unpaired) electrons. The zero-order chi connectivity index (χ0) is 18.1. The van der Waals surface area contributed by atoms with Crippen molar-refractivity contribution in [3.63, 3.8) is 0 Å². The number of benzene rings is 2. The standard InChI is InChI=1S/C20H18FN3O2/c1-23-10-5-11-24(18-12-15(21)8-9-17(18)23)20(25)19-13-16(22-26-19)14-6-3-2-4-7-14/h2-4,6-9,12-13H,5,10-11H2,1H3. The van der Waals surface area contributed by atoms with E-state index in [0.29, 0.717) is 17.9 Å². The summed E-state index contributed by atoms with van der Waals surface area (Å²) >= 11 is 0. The molecule has 2 heterocycles. The Hall–Kier alpha value is -3.15. The van der Waals surface area contributed by atoms with Gasteiger partial charge < -0.3 is 14.3 Å². The fraction of sp³-hybridized carbons (Fsp3) is 0.200. The monoisotopic (exact) mass is 351 g/mol. The minimum absolute atomic E-state index is 0.142. The third-order valence-electron chi connectivity index (χ3n) is 4.55. The Morgan fingerprint density at radius 2 is 1.88 bits per heavy atom. The topological polar surface area (TPSA) is 49.6 Å². The molecule has 0 spiro atoms. The van der Waals surface area contributed by atoms with Crippen molar-refractivity contribution in [3.05, 3.63) is 66.2 Å². The fourth-order valence-electron chi connectivity index (χ4n) is 3.21. The molecule has 1 amide bonds. The lowest BCUT2D eigenvalue weighted by Gasteiger charge is -2.23. The molecule has 0 bridgehead atoms. The van der Waals surface area contributed by atoms with E-state index in [1.807, 2.05) is 42.3 Å². The molecule has 2 aromatic carbocycles. The van der Waals surface area contributed by atoms with Gasteiger partial charge in [0, 0.05) is 31.8 Å². The molecule has 4 rings (SSSR count). The molecule has 1 aromatic heterocycles. The zero-order valence-electron chi connectivity index (χ0n) is 14.4. The number of aromatic nitrogens is 1. The molecule has 6 heteroatoms. The van der Waals surface area contributed by atoms with Crippen molar-refractivity contribution in [2.45, 2.75) is 6.42 Å². The Kier molecular flexibility index (Phi) is 4.16. The number of hydrogen-bond donors (Lipinski definition) is 0. The van der Waals surface area contributed by atoms with Crippen molar-refractivity contribution < 1.29 is 13.7 Å². The maximum absolute atomic E-state index is 13.8. The molecule has 3 aromatic rings. The number of fused-ring (bicyclic) bond motifs is 1. The molecule has 1 aliphatic heterocycles. The van der Waals surface area contributed by atoms with Crippen molar-refractivity contribution >= 4 is 17.3 Å². The van der Waals surface area contributed by atoms with Crippen molar-refractivity contribution in [1.29, 1.82) is 0 Å². The van der Waals surface area contributed by atoms with E-state index >= 15 is 0 Å². The van der Waals surface area contributed by atoms with Gasteiger partial charge in [0.05, 0.1) is 11.4 Å². The first-order chi connectivity index (χ1) is 12.6. The first-order valence-electron chi connectivity index (χ1n) is 8.48. The van der Waals surface area contributed by atoms with Crippen LogP contribution in [0.1, 0.15) is 17.0 Å². The van der Waals surface area contributed by atoms with Crippen LogP contribution in [0.5, 0.6) is 0 Å². The predicted molar refractivity (Wildman–Crippen MR) is 97.9 cm³/mol. The number of carbonyl (C=O) groups is 1. The van der Waals surface area contributed by atoms with Crippen LogP contribution >= 0.6 is 0 Å². The van der Waals surface area contributed by atoms with Crippen LogP contribution in [0, 0.1) is 5.82 Å². The number of nitrogens with zero attached hydrogens (tertiary/aromatic N) is 3. The highest BCUT2D eigenvalue weighted by atomic mass is 19.1. The number of amides is 1. The Morgan fingerprint density at radius 1 is 1.08 bits per heavy atom. The lowest BCUT2D eigenvalue weighted by atomic mass is 10.1. The number of carbonyl (C=O) groups excluding carboxylic acids is 1. The molecule has 0 aliphatic carbocycles. The minimum atomic E-state index is -0.376. The maximum Gasteiger partial charge on any atom is 0.296 e. The maximum atomic E-state index is 13.8. The van der Waals surface area contributed by atoms with Gasteiger partial charge in [-0.1, -0.05) is 35.5 Å². The average molecular weight is 351 g/mol. The second-order valence-electron chi connectivity index (χ2n) is 6.31. The normalized spacial score (nSPS) is 14.1. The molecule has 132 valence electrons. The van der Waals surface area contributed by atoms with Gasteiger partial charge in [-0.25, -0.2) is 4.39 Å². The molecule has 26 heavy (non-hydrogen) atoms. The summed E-state index contributed by atoms with van der Waals surface area (Å²) in [6, 6.07) is 15.6. The van der Waals surface area contributed by atoms with E-state index in [0.717, 1.165) is 24.2 Å². The van der Waals surface area contributed by atoms with E-state index in [1.54, 1.807) is 17.0 Å². The summed E-state index contributed by atoms with van der Waals surface area (Å²) in [5, 5.41) is 4.01. The average Bonchev–Trinajstić information content (AvgIpc) is 3.09. The SMILES string of the molecule is CN1CCCN(C(=O)c2cc(-c3ccccc3)no2)c2cc(F)ccc21. The summed E-state index contributed by atoms with van der Waals surface area (Å²) < 4.78 is 19.1. The predicted octanol–water partition coefficient (Wildman–Crippen LogP) is 3.97. The first-order valence-corrected chi connectivity index (χ1v) is 8.48. The van der Waals surface area contributed by atoms with Gasteiger partial charge in [0.15, 0.2) is 0 Å². The van der Waals surface area contributed by atoms with Crippen LogP contribution in [0.2, 0.25) is 0 Å². The molecule has 0 atom stereocenters. The van der Waals surface area contributed by atoms with Crippen molar-refractivity contribution in [2.24, 2.45) is 0 Å². The van der Waals surface area contributed by atoms with E-state index in [1.165, 1.54) is 12.1 Å². The molecule has 0 fully saturated rings. The minimum Gasteiger partial charge on any atom is -0.373 e. The summed E-state index contributed by atoms with van der Waals surface area (Å²) in [5.41, 5.74) is 2.84. The third-order valence-corrected chi connectivity index (χ3v) is 4.55. The van der Waals surface area contributed by atoms with E-state index in [-0.39, 0.29) is 17.5 Å². The number of hydrogen-bond acceptors (Lipinski definition) is 4. The largest absolute Gasteiger partial charge is 0.373 e. The molecule has 1 aliphatic rings. The van der Waals surface area contributed by atoms with Crippen molar-refractivity contribution in [3.8, 4) is 11.3 Å². The van der Waals surface area contributed by atoms with E-state index in [2.05, 4.69) is 5.16 Å². The molecule has 0 unspecified atom stereocenters. The summed E-state index contributed by atoms with van der Waals surface area (Å²) in [7, 11) is 1.94. The first kappa shape index (κ1) is 16.3. The molecular weight excluding hydrogens is 333 g/mol.